The molecule has 0 aliphatic carbocycles. The second-order valence-corrected chi connectivity index (χ2v) is 13.3. The van der Waals surface area contributed by atoms with Gasteiger partial charge >= 0.3 is 5.97 Å². The van der Waals surface area contributed by atoms with Crippen LogP contribution in [-0.2, 0) is 4.79 Å². The van der Waals surface area contributed by atoms with Gasteiger partial charge in [0.25, 0.3) is 5.92 Å². The van der Waals surface area contributed by atoms with E-state index in [1.807, 2.05) is 37.3 Å². The minimum absolute atomic E-state index is 0.179. The van der Waals surface area contributed by atoms with Crippen molar-refractivity contribution < 1.29 is 44.7 Å². The Hall–Kier alpha value is -5.79. The van der Waals surface area contributed by atoms with Gasteiger partial charge in [-0.3, -0.25) is 4.79 Å². The lowest BCUT2D eigenvalue weighted by Gasteiger charge is -2.29. The lowest BCUT2D eigenvalue weighted by atomic mass is 10.1. The maximum absolute atomic E-state index is 13.2. The molecule has 0 fully saturated rings. The number of benzene rings is 4. The summed E-state index contributed by atoms with van der Waals surface area (Å²) in [6.07, 6.45) is 3.49. The van der Waals surface area contributed by atoms with Crippen LogP contribution in [0.2, 0.25) is 0 Å². The number of alkyl halides is 8. The van der Waals surface area contributed by atoms with Crippen molar-refractivity contribution >= 4 is 46.9 Å². The zero-order valence-corrected chi connectivity index (χ0v) is 34.5. The fourth-order valence-corrected chi connectivity index (χ4v) is 4.38. The highest BCUT2D eigenvalue weighted by Gasteiger charge is 2.37. The minimum atomic E-state index is -3.58. The van der Waals surface area contributed by atoms with Crippen molar-refractivity contribution in [1.82, 2.24) is 0 Å². The number of carbonyl (C=O) groups excluding carboxylic acids is 1. The SMILES string of the molecule is C=Cc1ccc([N-]CC(C)(F)F)cc1.C=Cc1ccc([N-]CC(F)(F)CC)cc1.C=Cc1ccc([N-]CC)cc1.CC(=O)Oc1ccc([N-]CC(F)(F)CC(C)(F)F)cc1. The molecule has 0 N–H and O–H groups in total. The molecular weight excluding hydrogens is 793 g/mol. The fourth-order valence-electron chi connectivity index (χ4n) is 4.38. The van der Waals surface area contributed by atoms with Gasteiger partial charge in [-0.15, -0.1) is 29.3 Å². The van der Waals surface area contributed by atoms with Crippen molar-refractivity contribution in [2.24, 2.45) is 0 Å². The zero-order chi connectivity index (χ0) is 45.4. The molecule has 0 spiro atoms. The minimum Gasteiger partial charge on any atom is -0.685 e. The van der Waals surface area contributed by atoms with Crippen LogP contribution in [0.25, 0.3) is 39.5 Å². The Morgan fingerprint density at radius 3 is 1.17 bits per heavy atom. The number of esters is 1. The quantitative estimate of drug-likeness (QED) is 0.0568. The summed E-state index contributed by atoms with van der Waals surface area (Å²) in [5, 5.41) is 15.4. The third kappa shape index (κ3) is 24.9. The lowest BCUT2D eigenvalue weighted by molar-refractivity contribution is -0.131. The van der Waals surface area contributed by atoms with E-state index in [1.54, 1.807) is 60.7 Å². The Kier molecular flexibility index (Phi) is 22.3. The first-order valence-corrected chi connectivity index (χ1v) is 18.7. The van der Waals surface area contributed by atoms with Crippen LogP contribution in [0.15, 0.2) is 117 Å². The molecule has 4 aromatic rings. The van der Waals surface area contributed by atoms with Crippen molar-refractivity contribution in [3.8, 4) is 5.75 Å². The van der Waals surface area contributed by atoms with E-state index in [9.17, 15) is 39.9 Å². The topological polar surface area (TPSA) is 82.7 Å². The van der Waals surface area contributed by atoms with Crippen LogP contribution in [0, 0.1) is 0 Å². The van der Waals surface area contributed by atoms with Crippen LogP contribution in [0.3, 0.4) is 0 Å². The van der Waals surface area contributed by atoms with E-state index in [0.29, 0.717) is 18.3 Å². The molecule has 0 amide bonds. The van der Waals surface area contributed by atoms with Gasteiger partial charge in [0.15, 0.2) is 0 Å². The smallest absolute Gasteiger partial charge is 0.308 e. The number of hydrogen-bond acceptors (Lipinski definition) is 2. The molecule has 14 heteroatoms. The highest BCUT2D eigenvalue weighted by molar-refractivity contribution is 5.69. The Morgan fingerprint density at radius 1 is 0.533 bits per heavy atom. The molecule has 0 aromatic heterocycles. The van der Waals surface area contributed by atoms with Crippen LogP contribution in [0.1, 0.15) is 64.2 Å². The van der Waals surface area contributed by atoms with E-state index in [4.69, 9.17) is 4.74 Å². The van der Waals surface area contributed by atoms with Gasteiger partial charge in [-0.1, -0.05) is 156 Å². The second kappa shape index (κ2) is 25.6. The molecule has 0 saturated heterocycles. The van der Waals surface area contributed by atoms with Crippen molar-refractivity contribution in [2.45, 2.75) is 71.2 Å². The summed E-state index contributed by atoms with van der Waals surface area (Å²) in [4.78, 5) is 10.7. The summed E-state index contributed by atoms with van der Waals surface area (Å²) < 4.78 is 107. The van der Waals surface area contributed by atoms with E-state index in [1.165, 1.54) is 38.1 Å². The molecule has 0 radical (unpaired) electrons. The van der Waals surface area contributed by atoms with Gasteiger partial charge in [0.1, 0.15) is 5.75 Å². The summed E-state index contributed by atoms with van der Waals surface area (Å²) >= 11 is 0. The predicted octanol–water partition coefficient (Wildman–Crippen LogP) is 16.0. The van der Waals surface area contributed by atoms with Gasteiger partial charge in [-0.25, -0.2) is 35.1 Å². The molecule has 4 aromatic carbocycles. The molecular formula is C46H52F8N4O2-4. The maximum atomic E-state index is 13.2. The largest absolute Gasteiger partial charge is 0.685 e. The van der Waals surface area contributed by atoms with Crippen molar-refractivity contribution in [3.63, 3.8) is 0 Å². The third-order valence-electron chi connectivity index (χ3n) is 7.44. The average Bonchev–Trinajstić information content (AvgIpc) is 3.19. The predicted molar refractivity (Wildman–Crippen MR) is 231 cm³/mol. The average molecular weight is 845 g/mol. The van der Waals surface area contributed by atoms with E-state index in [-0.39, 0.29) is 17.9 Å². The van der Waals surface area contributed by atoms with E-state index >= 15 is 0 Å². The van der Waals surface area contributed by atoms with Crippen molar-refractivity contribution in [3.05, 3.63) is 155 Å². The van der Waals surface area contributed by atoms with Gasteiger partial charge in [-0.2, -0.15) is 0 Å². The first-order chi connectivity index (χ1) is 28.0. The number of rotatable bonds is 18. The van der Waals surface area contributed by atoms with Gasteiger partial charge in [0, 0.05) is 13.3 Å². The Labute approximate surface area is 348 Å². The van der Waals surface area contributed by atoms with Crippen LogP contribution in [-0.4, -0.2) is 55.8 Å². The Balaban J connectivity index is 0.000000409. The summed E-state index contributed by atoms with van der Waals surface area (Å²) in [7, 11) is 0. The maximum Gasteiger partial charge on any atom is 0.308 e. The molecule has 0 heterocycles. The van der Waals surface area contributed by atoms with Crippen LogP contribution < -0.4 is 4.74 Å². The van der Waals surface area contributed by atoms with E-state index < -0.39 is 55.7 Å². The molecule has 4 rings (SSSR count). The van der Waals surface area contributed by atoms with Crippen LogP contribution in [0.5, 0.6) is 5.75 Å². The van der Waals surface area contributed by atoms with Crippen LogP contribution in [0.4, 0.5) is 57.9 Å². The van der Waals surface area contributed by atoms with Gasteiger partial charge in [-0.05, 0) is 42.7 Å². The third-order valence-corrected chi connectivity index (χ3v) is 7.44. The van der Waals surface area contributed by atoms with Crippen molar-refractivity contribution in [1.29, 1.82) is 0 Å². The van der Waals surface area contributed by atoms with E-state index in [2.05, 4.69) is 41.0 Å². The summed E-state index contributed by atoms with van der Waals surface area (Å²) in [5.74, 6) is -12.7. The molecule has 6 nitrogen and oxygen atoms in total. The molecule has 328 valence electrons. The second-order valence-electron chi connectivity index (χ2n) is 13.3. The number of hydrogen-bond donors (Lipinski definition) is 0. The summed E-state index contributed by atoms with van der Waals surface area (Å²) in [6, 6.07) is 27.5. The summed E-state index contributed by atoms with van der Waals surface area (Å²) in [6.45, 7) is 15.8. The zero-order valence-electron chi connectivity index (χ0n) is 34.5. The highest BCUT2D eigenvalue weighted by atomic mass is 19.3. The van der Waals surface area contributed by atoms with Crippen LogP contribution >= 0.6 is 0 Å². The van der Waals surface area contributed by atoms with E-state index in [0.717, 1.165) is 35.8 Å². The molecule has 0 bridgehead atoms. The normalized spacial score (nSPS) is 11.1. The first-order valence-electron chi connectivity index (χ1n) is 18.7. The molecule has 60 heavy (non-hydrogen) atoms. The number of nitrogens with zero attached hydrogens (tertiary/aromatic N) is 4. The molecule has 0 aliphatic heterocycles. The fraction of sp³-hybridized carbons (Fsp3) is 0.326. The highest BCUT2D eigenvalue weighted by Crippen LogP contribution is 2.34. The van der Waals surface area contributed by atoms with Gasteiger partial charge in [0.05, 0.1) is 6.42 Å². The molecule has 0 saturated carbocycles. The number of carbonyl (C=O) groups is 1. The van der Waals surface area contributed by atoms with Crippen molar-refractivity contribution in [2.75, 3.05) is 26.2 Å². The summed E-state index contributed by atoms with van der Waals surface area (Å²) in [5.41, 5.74) is 5.42. The molecule has 0 aliphatic rings. The van der Waals surface area contributed by atoms with Gasteiger partial charge in [0.2, 0.25) is 17.8 Å². The Bertz CT molecular complexity index is 1840. The number of ether oxygens (including phenoxy) is 1. The number of halogens is 8. The van der Waals surface area contributed by atoms with Gasteiger partial charge < -0.3 is 26.0 Å². The monoisotopic (exact) mass is 844 g/mol. The first kappa shape index (κ1) is 52.2. The molecule has 0 unspecified atom stereocenters. The molecule has 0 atom stereocenters. The standard InChI is InChI=1S/C13H14F4NO2.C12H14F2N.C11H12F2N.C10H12N/c1-9(19)20-11-5-3-10(4-6-11)18-8-13(16,17)7-12(2,14)15;1-3-10-5-7-11(8-6-10)15-9-12(13,14)4-2;1-3-9-4-6-10(7-5-9)14-8-11(2,12)13;1-3-9-5-7-10(8-6-9)11-4-2/h3-6H,7-8H2,1-2H3;3,5-8H,1,4,9H2,2H3;3-7H,1,8H2,2H3;3,5-8H,1,4H2,2H3/q4*-1. The Morgan fingerprint density at radius 2 is 0.867 bits per heavy atom. The lowest BCUT2D eigenvalue weighted by Crippen LogP contribution is -2.29.